The number of ether oxygens (including phenoxy) is 2. The Morgan fingerprint density at radius 2 is 1.93 bits per heavy atom. The molecular formula is C22H21F2NO2. The molecule has 1 heterocycles. The van der Waals surface area contributed by atoms with Crippen molar-refractivity contribution in [3.63, 3.8) is 0 Å². The van der Waals surface area contributed by atoms with E-state index in [-0.39, 0.29) is 11.8 Å². The summed E-state index contributed by atoms with van der Waals surface area (Å²) in [6, 6.07) is 7.93. The van der Waals surface area contributed by atoms with E-state index in [9.17, 15) is 8.78 Å². The van der Waals surface area contributed by atoms with Crippen molar-refractivity contribution < 1.29 is 18.3 Å². The molecule has 2 aliphatic rings. The van der Waals surface area contributed by atoms with Crippen LogP contribution >= 0.6 is 0 Å². The lowest BCUT2D eigenvalue weighted by Crippen LogP contribution is -2.12. The van der Waals surface area contributed by atoms with Gasteiger partial charge in [0.05, 0.1) is 13.2 Å². The lowest BCUT2D eigenvalue weighted by molar-refractivity contribution is 0.200. The molecule has 1 fully saturated rings. The smallest absolute Gasteiger partial charge is 0.168 e. The van der Waals surface area contributed by atoms with Crippen LogP contribution < -0.4 is 9.47 Å². The van der Waals surface area contributed by atoms with Crippen LogP contribution in [0.3, 0.4) is 0 Å². The van der Waals surface area contributed by atoms with E-state index in [4.69, 9.17) is 9.47 Å². The lowest BCUT2D eigenvalue weighted by atomic mass is 10.1. The van der Waals surface area contributed by atoms with Crippen LogP contribution in [-0.4, -0.2) is 18.9 Å². The van der Waals surface area contributed by atoms with Crippen LogP contribution in [0.25, 0.3) is 6.08 Å². The highest BCUT2D eigenvalue weighted by Crippen LogP contribution is 2.36. The summed E-state index contributed by atoms with van der Waals surface area (Å²) < 4.78 is 38.9. The highest BCUT2D eigenvalue weighted by Gasteiger charge is 2.21. The van der Waals surface area contributed by atoms with Crippen molar-refractivity contribution in [1.29, 1.82) is 0 Å². The van der Waals surface area contributed by atoms with Crippen LogP contribution in [0.1, 0.15) is 36.8 Å². The van der Waals surface area contributed by atoms with Gasteiger partial charge in [-0.05, 0) is 55.5 Å². The summed E-state index contributed by atoms with van der Waals surface area (Å²) in [6.07, 6.45) is 8.80. The molecule has 27 heavy (non-hydrogen) atoms. The van der Waals surface area contributed by atoms with Crippen LogP contribution in [0, 0.1) is 11.6 Å². The van der Waals surface area contributed by atoms with E-state index >= 15 is 0 Å². The molecule has 1 aliphatic carbocycles. The molecule has 0 bridgehead atoms. The molecule has 5 heteroatoms. The van der Waals surface area contributed by atoms with Gasteiger partial charge in [0, 0.05) is 23.8 Å². The minimum Gasteiger partial charge on any atom is -0.493 e. The van der Waals surface area contributed by atoms with E-state index in [0.717, 1.165) is 30.2 Å². The molecule has 140 valence electrons. The molecule has 2 aromatic carbocycles. The number of halogens is 2. The zero-order valence-corrected chi connectivity index (χ0v) is 15.2. The Labute approximate surface area is 157 Å². The Kier molecular flexibility index (Phi) is 4.92. The standard InChI is InChI=1S/C22H21F2NO2/c1-26-20-8-4-5-14(22(20)27-18-6-2-3-7-18)9-10-17-12-15-11-16(23)13-19(24)21(15)25-17/h4-5,8-11,13,18H,2-3,6-7,12H2,1H3/b10-9+. The minimum atomic E-state index is -0.625. The predicted octanol–water partition coefficient (Wildman–Crippen LogP) is 5.64. The number of methoxy groups -OCH3 is 1. The summed E-state index contributed by atoms with van der Waals surface area (Å²) in [4.78, 5) is 4.30. The van der Waals surface area contributed by atoms with Crippen molar-refractivity contribution in [1.82, 2.24) is 0 Å². The number of fused-ring (bicyclic) bond motifs is 1. The number of nitrogens with zero attached hydrogens (tertiary/aromatic N) is 1. The third-order valence-corrected chi connectivity index (χ3v) is 5.01. The molecule has 0 aromatic heterocycles. The van der Waals surface area contributed by atoms with Crippen molar-refractivity contribution in [3.8, 4) is 11.5 Å². The quantitative estimate of drug-likeness (QED) is 0.683. The molecule has 1 saturated carbocycles. The number of hydrogen-bond donors (Lipinski definition) is 0. The molecule has 4 rings (SSSR count). The Morgan fingerprint density at radius 3 is 2.70 bits per heavy atom. The van der Waals surface area contributed by atoms with E-state index in [1.165, 1.54) is 18.9 Å². The summed E-state index contributed by atoms with van der Waals surface area (Å²) in [6.45, 7) is 0. The van der Waals surface area contributed by atoms with Crippen molar-refractivity contribution in [2.24, 2.45) is 4.99 Å². The fourth-order valence-corrected chi connectivity index (χ4v) is 3.66. The fraction of sp³-hybridized carbons (Fsp3) is 0.318. The van der Waals surface area contributed by atoms with Gasteiger partial charge in [0.2, 0.25) is 0 Å². The molecule has 0 N–H and O–H groups in total. The Bertz CT molecular complexity index is 915. The van der Waals surface area contributed by atoms with E-state index in [0.29, 0.717) is 23.4 Å². The van der Waals surface area contributed by atoms with Crippen molar-refractivity contribution in [2.75, 3.05) is 7.11 Å². The second-order valence-corrected chi connectivity index (χ2v) is 6.91. The SMILES string of the molecule is COc1cccc(/C=C/C2=Nc3c(F)cc(F)cc3C2)c1OC1CCCC1. The van der Waals surface area contributed by atoms with E-state index in [1.807, 2.05) is 30.4 Å². The van der Waals surface area contributed by atoms with Gasteiger partial charge in [-0.1, -0.05) is 12.1 Å². The molecule has 0 spiro atoms. The van der Waals surface area contributed by atoms with E-state index < -0.39 is 11.6 Å². The van der Waals surface area contributed by atoms with Gasteiger partial charge in [0.1, 0.15) is 11.5 Å². The first-order valence-corrected chi connectivity index (χ1v) is 9.21. The summed E-state index contributed by atoms with van der Waals surface area (Å²) in [5, 5.41) is 0. The van der Waals surface area contributed by atoms with Gasteiger partial charge in [-0.2, -0.15) is 0 Å². The number of allylic oxidation sites excluding steroid dienone is 1. The number of hydrogen-bond acceptors (Lipinski definition) is 3. The Hall–Kier alpha value is -2.69. The number of benzene rings is 2. The molecule has 2 aromatic rings. The molecule has 3 nitrogen and oxygen atoms in total. The number of para-hydroxylation sites is 1. The number of rotatable bonds is 5. The van der Waals surface area contributed by atoms with Gasteiger partial charge in [-0.15, -0.1) is 0 Å². The highest BCUT2D eigenvalue weighted by molar-refractivity contribution is 6.04. The van der Waals surface area contributed by atoms with Gasteiger partial charge < -0.3 is 9.47 Å². The maximum Gasteiger partial charge on any atom is 0.168 e. The van der Waals surface area contributed by atoms with Crippen molar-refractivity contribution >= 4 is 17.5 Å². The van der Waals surface area contributed by atoms with Gasteiger partial charge in [0.15, 0.2) is 17.3 Å². The average Bonchev–Trinajstić information content (AvgIpc) is 3.30. The Balaban J connectivity index is 1.59. The zero-order valence-electron chi connectivity index (χ0n) is 15.2. The summed E-state index contributed by atoms with van der Waals surface area (Å²) in [5.41, 5.74) is 2.36. The largest absolute Gasteiger partial charge is 0.493 e. The molecular weight excluding hydrogens is 348 g/mol. The van der Waals surface area contributed by atoms with Crippen LogP contribution in [-0.2, 0) is 6.42 Å². The monoisotopic (exact) mass is 369 g/mol. The molecule has 0 atom stereocenters. The van der Waals surface area contributed by atoms with Gasteiger partial charge >= 0.3 is 0 Å². The predicted molar refractivity (Wildman–Crippen MR) is 102 cm³/mol. The van der Waals surface area contributed by atoms with E-state index in [2.05, 4.69) is 4.99 Å². The molecule has 0 saturated heterocycles. The zero-order chi connectivity index (χ0) is 18.8. The van der Waals surface area contributed by atoms with Crippen LogP contribution in [0.15, 0.2) is 41.4 Å². The lowest BCUT2D eigenvalue weighted by Gasteiger charge is -2.18. The third kappa shape index (κ3) is 3.72. The first kappa shape index (κ1) is 17.7. The number of aliphatic imine (C=N–C) groups is 1. The van der Waals surface area contributed by atoms with Gasteiger partial charge in [0.25, 0.3) is 0 Å². The van der Waals surface area contributed by atoms with Crippen molar-refractivity contribution in [3.05, 3.63) is 59.2 Å². The summed E-state index contributed by atoms with van der Waals surface area (Å²) in [7, 11) is 1.62. The molecule has 0 radical (unpaired) electrons. The topological polar surface area (TPSA) is 30.8 Å². The Morgan fingerprint density at radius 1 is 1.11 bits per heavy atom. The molecule has 0 amide bonds. The minimum absolute atomic E-state index is 0.207. The normalized spacial score (nSPS) is 16.6. The third-order valence-electron chi connectivity index (χ3n) is 5.01. The van der Waals surface area contributed by atoms with Crippen LogP contribution in [0.5, 0.6) is 11.5 Å². The maximum atomic E-state index is 13.9. The molecule has 1 aliphatic heterocycles. The highest BCUT2D eigenvalue weighted by atomic mass is 19.1. The summed E-state index contributed by atoms with van der Waals surface area (Å²) >= 11 is 0. The van der Waals surface area contributed by atoms with Crippen LogP contribution in [0.2, 0.25) is 0 Å². The van der Waals surface area contributed by atoms with Gasteiger partial charge in [-0.3, -0.25) is 0 Å². The first-order chi connectivity index (χ1) is 13.1. The van der Waals surface area contributed by atoms with Crippen molar-refractivity contribution in [2.45, 2.75) is 38.2 Å². The second-order valence-electron chi connectivity index (χ2n) is 6.91. The second kappa shape index (κ2) is 7.51. The van der Waals surface area contributed by atoms with E-state index in [1.54, 1.807) is 7.11 Å². The maximum absolute atomic E-state index is 13.9. The fourth-order valence-electron chi connectivity index (χ4n) is 3.66. The molecule has 0 unspecified atom stereocenters. The average molecular weight is 369 g/mol. The van der Waals surface area contributed by atoms with Gasteiger partial charge in [-0.25, -0.2) is 13.8 Å². The summed E-state index contributed by atoms with van der Waals surface area (Å²) in [5.74, 6) is 0.206. The first-order valence-electron chi connectivity index (χ1n) is 9.21. The van der Waals surface area contributed by atoms with Crippen LogP contribution in [0.4, 0.5) is 14.5 Å².